The molecule has 0 aliphatic carbocycles. The molecule has 80 valence electrons. The molecule has 0 bridgehead atoms. The summed E-state index contributed by atoms with van der Waals surface area (Å²) in [5.74, 6) is -1.11. The fraction of sp³-hybridized carbons (Fsp3) is 0.875. The molecule has 2 aliphatic heterocycles. The van der Waals surface area contributed by atoms with Gasteiger partial charge in [-0.3, -0.25) is 4.79 Å². The Morgan fingerprint density at radius 2 is 2.21 bits per heavy atom. The molecular weight excluding hydrogens is 192 g/mol. The first kappa shape index (κ1) is 9.85. The summed E-state index contributed by atoms with van der Waals surface area (Å²) >= 11 is 0. The molecule has 2 rings (SSSR count). The Kier molecular flexibility index (Phi) is 2.23. The van der Waals surface area contributed by atoms with E-state index in [0.29, 0.717) is 0 Å². The number of carboxylic acid groups (broad SMARTS) is 1. The van der Waals surface area contributed by atoms with Gasteiger partial charge in [-0.15, -0.1) is 0 Å². The first-order chi connectivity index (χ1) is 6.53. The SMILES string of the molecule is O=C(O)C[C@]1(O)CO[C@@H]2[C@@H](O)CO[C@@H]21. The van der Waals surface area contributed by atoms with Crippen molar-refractivity contribution in [2.45, 2.75) is 30.3 Å². The molecule has 2 saturated heterocycles. The highest BCUT2D eigenvalue weighted by atomic mass is 16.6. The van der Waals surface area contributed by atoms with E-state index in [2.05, 4.69) is 0 Å². The van der Waals surface area contributed by atoms with Crippen molar-refractivity contribution in [1.29, 1.82) is 0 Å². The third kappa shape index (κ3) is 1.40. The van der Waals surface area contributed by atoms with Crippen LogP contribution in [0.15, 0.2) is 0 Å². The number of ether oxygens (including phenoxy) is 2. The topological polar surface area (TPSA) is 96.2 Å². The highest BCUT2D eigenvalue weighted by Gasteiger charge is 2.56. The number of rotatable bonds is 2. The summed E-state index contributed by atoms with van der Waals surface area (Å²) < 4.78 is 10.2. The van der Waals surface area contributed by atoms with Crippen LogP contribution < -0.4 is 0 Å². The Morgan fingerprint density at radius 3 is 2.86 bits per heavy atom. The van der Waals surface area contributed by atoms with E-state index in [1.54, 1.807) is 0 Å². The van der Waals surface area contributed by atoms with E-state index in [0.717, 1.165) is 0 Å². The van der Waals surface area contributed by atoms with E-state index in [4.69, 9.17) is 14.6 Å². The summed E-state index contributed by atoms with van der Waals surface area (Å²) in [6.45, 7) is -0.0248. The molecule has 0 spiro atoms. The van der Waals surface area contributed by atoms with E-state index in [-0.39, 0.29) is 13.2 Å². The second-order valence-electron chi connectivity index (χ2n) is 3.77. The fourth-order valence-electron chi connectivity index (χ4n) is 1.99. The normalized spacial score (nSPS) is 46.6. The summed E-state index contributed by atoms with van der Waals surface area (Å²) in [6.07, 6.45) is -2.53. The Balaban J connectivity index is 2.11. The van der Waals surface area contributed by atoms with Gasteiger partial charge in [0.15, 0.2) is 0 Å². The molecule has 0 aromatic rings. The fourth-order valence-corrected chi connectivity index (χ4v) is 1.99. The van der Waals surface area contributed by atoms with Crippen molar-refractivity contribution in [2.75, 3.05) is 13.2 Å². The molecule has 4 atom stereocenters. The van der Waals surface area contributed by atoms with Gasteiger partial charge in [-0.2, -0.15) is 0 Å². The van der Waals surface area contributed by atoms with Gasteiger partial charge in [-0.1, -0.05) is 0 Å². The lowest BCUT2D eigenvalue weighted by molar-refractivity contribution is -0.147. The highest BCUT2D eigenvalue weighted by Crippen LogP contribution is 2.36. The van der Waals surface area contributed by atoms with Crippen LogP contribution >= 0.6 is 0 Å². The zero-order chi connectivity index (χ0) is 10.3. The monoisotopic (exact) mass is 204 g/mol. The molecule has 6 heteroatoms. The molecule has 14 heavy (non-hydrogen) atoms. The van der Waals surface area contributed by atoms with E-state index in [1.165, 1.54) is 0 Å². The van der Waals surface area contributed by atoms with Gasteiger partial charge in [0.05, 0.1) is 19.6 Å². The molecule has 0 aromatic heterocycles. The minimum Gasteiger partial charge on any atom is -0.481 e. The summed E-state index contributed by atoms with van der Waals surface area (Å²) in [6, 6.07) is 0. The Morgan fingerprint density at radius 1 is 1.50 bits per heavy atom. The van der Waals surface area contributed by atoms with Crippen molar-refractivity contribution in [3.05, 3.63) is 0 Å². The molecule has 3 N–H and O–H groups in total. The van der Waals surface area contributed by atoms with Crippen LogP contribution in [-0.4, -0.2) is 58.4 Å². The van der Waals surface area contributed by atoms with Crippen LogP contribution in [0.2, 0.25) is 0 Å². The molecule has 2 heterocycles. The molecule has 0 radical (unpaired) electrons. The van der Waals surface area contributed by atoms with Gasteiger partial charge in [-0.05, 0) is 0 Å². The molecule has 6 nitrogen and oxygen atoms in total. The Hall–Kier alpha value is -0.690. The summed E-state index contributed by atoms with van der Waals surface area (Å²) in [4.78, 5) is 10.5. The van der Waals surface area contributed by atoms with Crippen molar-refractivity contribution in [3.8, 4) is 0 Å². The minimum atomic E-state index is -1.51. The van der Waals surface area contributed by atoms with Crippen molar-refractivity contribution in [2.24, 2.45) is 0 Å². The van der Waals surface area contributed by atoms with Crippen molar-refractivity contribution in [3.63, 3.8) is 0 Å². The van der Waals surface area contributed by atoms with Crippen LogP contribution in [0.1, 0.15) is 6.42 Å². The van der Waals surface area contributed by atoms with Crippen LogP contribution in [0.25, 0.3) is 0 Å². The summed E-state index contributed by atoms with van der Waals surface area (Å²) in [7, 11) is 0. The van der Waals surface area contributed by atoms with Gasteiger partial charge < -0.3 is 24.8 Å². The van der Waals surface area contributed by atoms with Crippen molar-refractivity contribution < 1.29 is 29.6 Å². The second-order valence-corrected chi connectivity index (χ2v) is 3.77. The third-order valence-electron chi connectivity index (χ3n) is 2.64. The first-order valence-corrected chi connectivity index (χ1v) is 4.38. The van der Waals surface area contributed by atoms with Crippen LogP contribution in [0, 0.1) is 0 Å². The lowest BCUT2D eigenvalue weighted by Crippen LogP contribution is -2.45. The van der Waals surface area contributed by atoms with Crippen molar-refractivity contribution >= 4 is 5.97 Å². The van der Waals surface area contributed by atoms with E-state index >= 15 is 0 Å². The summed E-state index contributed by atoms with van der Waals surface area (Å²) in [5, 5.41) is 27.9. The maximum absolute atomic E-state index is 10.5. The number of carbonyl (C=O) groups is 1. The quantitative estimate of drug-likeness (QED) is 0.498. The molecule has 2 fully saturated rings. The van der Waals surface area contributed by atoms with Gasteiger partial charge >= 0.3 is 5.97 Å². The summed E-state index contributed by atoms with van der Waals surface area (Å²) in [5.41, 5.74) is -1.51. The zero-order valence-electron chi connectivity index (χ0n) is 7.42. The maximum Gasteiger partial charge on any atom is 0.306 e. The third-order valence-corrected chi connectivity index (χ3v) is 2.64. The minimum absolute atomic E-state index is 0.0806. The van der Waals surface area contributed by atoms with Gasteiger partial charge in [0.2, 0.25) is 0 Å². The zero-order valence-corrected chi connectivity index (χ0v) is 7.42. The lowest BCUT2D eigenvalue weighted by Gasteiger charge is -2.24. The van der Waals surface area contributed by atoms with E-state index in [9.17, 15) is 15.0 Å². The smallest absolute Gasteiger partial charge is 0.306 e. The van der Waals surface area contributed by atoms with Crippen LogP contribution in [0.3, 0.4) is 0 Å². The molecule has 0 saturated carbocycles. The lowest BCUT2D eigenvalue weighted by atomic mass is 9.93. The number of hydrogen-bond donors (Lipinski definition) is 3. The molecule has 0 unspecified atom stereocenters. The van der Waals surface area contributed by atoms with Crippen LogP contribution in [0.5, 0.6) is 0 Å². The maximum atomic E-state index is 10.5. The largest absolute Gasteiger partial charge is 0.481 e. The molecule has 0 aromatic carbocycles. The average molecular weight is 204 g/mol. The number of aliphatic hydroxyl groups excluding tert-OH is 1. The average Bonchev–Trinajstić information content (AvgIpc) is 2.55. The van der Waals surface area contributed by atoms with Gasteiger partial charge in [-0.25, -0.2) is 0 Å². The van der Waals surface area contributed by atoms with E-state index in [1.807, 2.05) is 0 Å². The first-order valence-electron chi connectivity index (χ1n) is 4.38. The van der Waals surface area contributed by atoms with E-state index < -0.39 is 36.3 Å². The number of fused-ring (bicyclic) bond motifs is 1. The number of hydrogen-bond acceptors (Lipinski definition) is 5. The standard InChI is InChI=1S/C8H12O6/c9-4-2-13-7-6(4)14-3-8(7,12)1-5(10)11/h4,6-7,9,12H,1-3H2,(H,10,11)/t4-,6+,7-,8-/m0/s1. The number of aliphatic hydroxyl groups is 2. The number of aliphatic carboxylic acids is 1. The molecule has 2 aliphatic rings. The Bertz CT molecular complexity index is 254. The molecule has 0 amide bonds. The van der Waals surface area contributed by atoms with Gasteiger partial charge in [0.1, 0.15) is 23.9 Å². The van der Waals surface area contributed by atoms with Crippen LogP contribution in [-0.2, 0) is 14.3 Å². The van der Waals surface area contributed by atoms with Crippen molar-refractivity contribution in [1.82, 2.24) is 0 Å². The predicted molar refractivity (Wildman–Crippen MR) is 42.7 cm³/mol. The second kappa shape index (κ2) is 3.16. The van der Waals surface area contributed by atoms with Crippen LogP contribution in [0.4, 0.5) is 0 Å². The highest BCUT2D eigenvalue weighted by molar-refractivity contribution is 5.68. The van der Waals surface area contributed by atoms with Gasteiger partial charge in [0.25, 0.3) is 0 Å². The Labute approximate surface area is 80.1 Å². The number of carboxylic acids is 1. The predicted octanol–water partition coefficient (Wildman–Crippen LogP) is -1.65. The molecular formula is C8H12O6. The van der Waals surface area contributed by atoms with Gasteiger partial charge in [0, 0.05) is 0 Å².